The van der Waals surface area contributed by atoms with Gasteiger partial charge in [0.1, 0.15) is 12.3 Å². The molecule has 1 aromatic heterocycles. The lowest BCUT2D eigenvalue weighted by Crippen LogP contribution is -2.23. The minimum absolute atomic E-state index is 0.137. The van der Waals surface area contributed by atoms with Gasteiger partial charge < -0.3 is 10.2 Å². The maximum Gasteiger partial charge on any atom is 0.323 e. The SMILES string of the molecule is O=C(O)Cn1c(=O)cc(O)c2ccccc21. The minimum atomic E-state index is -1.10. The molecule has 2 aromatic rings. The molecule has 5 heteroatoms. The first kappa shape index (κ1) is 10.2. The molecule has 0 saturated carbocycles. The Morgan fingerprint density at radius 2 is 2.00 bits per heavy atom. The number of carbonyl (C=O) groups is 1. The molecule has 0 saturated heterocycles. The van der Waals surface area contributed by atoms with E-state index in [1.165, 1.54) is 0 Å². The molecule has 0 amide bonds. The molecule has 5 nitrogen and oxygen atoms in total. The number of aromatic nitrogens is 1. The Morgan fingerprint density at radius 1 is 1.31 bits per heavy atom. The molecule has 1 heterocycles. The normalized spacial score (nSPS) is 10.5. The Labute approximate surface area is 90.2 Å². The summed E-state index contributed by atoms with van der Waals surface area (Å²) in [5, 5.41) is 18.7. The van der Waals surface area contributed by atoms with E-state index in [2.05, 4.69) is 0 Å². The van der Waals surface area contributed by atoms with Crippen molar-refractivity contribution in [3.8, 4) is 5.75 Å². The highest BCUT2D eigenvalue weighted by Crippen LogP contribution is 2.21. The van der Waals surface area contributed by atoms with E-state index in [0.29, 0.717) is 10.9 Å². The van der Waals surface area contributed by atoms with Crippen molar-refractivity contribution < 1.29 is 15.0 Å². The fourth-order valence-electron chi connectivity index (χ4n) is 1.62. The molecular weight excluding hydrogens is 210 g/mol. The Kier molecular flexibility index (Phi) is 2.36. The molecule has 16 heavy (non-hydrogen) atoms. The molecule has 0 radical (unpaired) electrons. The highest BCUT2D eigenvalue weighted by atomic mass is 16.4. The van der Waals surface area contributed by atoms with Crippen molar-refractivity contribution in [2.45, 2.75) is 6.54 Å². The Balaban J connectivity index is 2.81. The summed E-state index contributed by atoms with van der Waals surface area (Å²) in [6.45, 7) is -0.417. The van der Waals surface area contributed by atoms with E-state index in [4.69, 9.17) is 5.11 Å². The number of nitrogens with zero attached hydrogens (tertiary/aromatic N) is 1. The van der Waals surface area contributed by atoms with Gasteiger partial charge in [0.25, 0.3) is 5.56 Å². The molecule has 0 bridgehead atoms. The lowest BCUT2D eigenvalue weighted by Gasteiger charge is -2.08. The third-order valence-electron chi connectivity index (χ3n) is 2.29. The van der Waals surface area contributed by atoms with Gasteiger partial charge in [-0.2, -0.15) is 0 Å². The van der Waals surface area contributed by atoms with Crippen molar-refractivity contribution >= 4 is 16.9 Å². The molecule has 0 aliphatic heterocycles. The maximum atomic E-state index is 11.5. The van der Waals surface area contributed by atoms with Gasteiger partial charge in [-0.25, -0.2) is 0 Å². The third-order valence-corrected chi connectivity index (χ3v) is 2.29. The molecule has 0 atom stereocenters. The van der Waals surface area contributed by atoms with E-state index >= 15 is 0 Å². The van der Waals surface area contributed by atoms with Crippen molar-refractivity contribution in [1.82, 2.24) is 4.57 Å². The fourth-order valence-corrected chi connectivity index (χ4v) is 1.62. The minimum Gasteiger partial charge on any atom is -0.507 e. The van der Waals surface area contributed by atoms with Gasteiger partial charge in [0.05, 0.1) is 5.52 Å². The molecule has 0 aliphatic carbocycles. The van der Waals surface area contributed by atoms with Gasteiger partial charge in [-0.3, -0.25) is 14.2 Å². The first-order valence-corrected chi connectivity index (χ1v) is 4.63. The van der Waals surface area contributed by atoms with Gasteiger partial charge in [0, 0.05) is 11.5 Å². The quantitative estimate of drug-likeness (QED) is 0.782. The number of pyridine rings is 1. The number of fused-ring (bicyclic) bond motifs is 1. The first-order valence-electron chi connectivity index (χ1n) is 4.63. The predicted octanol–water partition coefficient (Wildman–Crippen LogP) is 0.792. The Morgan fingerprint density at radius 3 is 2.69 bits per heavy atom. The lowest BCUT2D eigenvalue weighted by atomic mass is 10.2. The van der Waals surface area contributed by atoms with Crippen LogP contribution in [0.2, 0.25) is 0 Å². The van der Waals surface area contributed by atoms with Crippen molar-refractivity contribution in [2.75, 3.05) is 0 Å². The Bertz CT molecular complexity index is 615. The van der Waals surface area contributed by atoms with Gasteiger partial charge >= 0.3 is 5.97 Å². The van der Waals surface area contributed by atoms with Crippen LogP contribution >= 0.6 is 0 Å². The second-order valence-electron chi connectivity index (χ2n) is 3.36. The largest absolute Gasteiger partial charge is 0.507 e. The standard InChI is InChI=1S/C11H9NO4/c13-9-5-10(14)12(6-11(15)16)8-4-2-1-3-7(8)9/h1-5,13H,6H2,(H,15,16). The number of carboxylic acids is 1. The number of aromatic hydroxyl groups is 1. The smallest absolute Gasteiger partial charge is 0.323 e. The molecule has 1 aromatic carbocycles. The summed E-state index contributed by atoms with van der Waals surface area (Å²) in [6, 6.07) is 7.63. The van der Waals surface area contributed by atoms with Gasteiger partial charge in [-0.1, -0.05) is 12.1 Å². The number of rotatable bonds is 2. The third kappa shape index (κ3) is 1.63. The second-order valence-corrected chi connectivity index (χ2v) is 3.36. The van der Waals surface area contributed by atoms with Crippen LogP contribution in [0.15, 0.2) is 35.1 Å². The average molecular weight is 219 g/mol. The number of hydrogen-bond acceptors (Lipinski definition) is 3. The van der Waals surface area contributed by atoms with Gasteiger partial charge in [-0.15, -0.1) is 0 Å². The number of benzene rings is 1. The summed E-state index contributed by atoms with van der Waals surface area (Å²) in [7, 11) is 0. The molecule has 0 aliphatic rings. The van der Waals surface area contributed by atoms with Crippen LogP contribution in [0.3, 0.4) is 0 Å². The van der Waals surface area contributed by atoms with Crippen LogP contribution in [0.4, 0.5) is 0 Å². The van der Waals surface area contributed by atoms with Crippen molar-refractivity contribution in [1.29, 1.82) is 0 Å². The predicted molar refractivity (Wildman–Crippen MR) is 57.5 cm³/mol. The van der Waals surface area contributed by atoms with E-state index in [-0.39, 0.29) is 5.75 Å². The topological polar surface area (TPSA) is 79.5 Å². The molecule has 0 fully saturated rings. The van der Waals surface area contributed by atoms with Crippen molar-refractivity contribution in [3.63, 3.8) is 0 Å². The van der Waals surface area contributed by atoms with Crippen LogP contribution in [0.1, 0.15) is 0 Å². The maximum absolute atomic E-state index is 11.5. The van der Waals surface area contributed by atoms with Crippen LogP contribution in [-0.2, 0) is 11.3 Å². The summed E-state index contributed by atoms with van der Waals surface area (Å²) >= 11 is 0. The summed E-state index contributed by atoms with van der Waals surface area (Å²) in [5.74, 6) is -1.24. The number of hydrogen-bond donors (Lipinski definition) is 2. The van der Waals surface area contributed by atoms with Crippen LogP contribution in [0.5, 0.6) is 5.75 Å². The van der Waals surface area contributed by atoms with Crippen molar-refractivity contribution in [3.05, 3.63) is 40.7 Å². The zero-order valence-electron chi connectivity index (χ0n) is 8.25. The Hall–Kier alpha value is -2.30. The van der Waals surface area contributed by atoms with Gasteiger partial charge in [0.15, 0.2) is 0 Å². The average Bonchev–Trinajstić information content (AvgIpc) is 2.24. The van der Waals surface area contributed by atoms with E-state index in [0.717, 1.165) is 10.6 Å². The van der Waals surface area contributed by atoms with Crippen LogP contribution < -0.4 is 5.56 Å². The molecule has 0 unspecified atom stereocenters. The molecule has 0 spiro atoms. The second kappa shape index (κ2) is 3.69. The van der Waals surface area contributed by atoms with Crippen molar-refractivity contribution in [2.24, 2.45) is 0 Å². The summed E-state index contributed by atoms with van der Waals surface area (Å²) in [6.07, 6.45) is 0. The fraction of sp³-hybridized carbons (Fsp3) is 0.0909. The van der Waals surface area contributed by atoms with E-state index in [9.17, 15) is 14.7 Å². The highest BCUT2D eigenvalue weighted by molar-refractivity contribution is 5.85. The zero-order valence-corrected chi connectivity index (χ0v) is 8.25. The molecule has 82 valence electrons. The van der Waals surface area contributed by atoms with Gasteiger partial charge in [0.2, 0.25) is 0 Å². The molecule has 2 rings (SSSR count). The number of para-hydroxylation sites is 1. The molecular formula is C11H9NO4. The summed E-state index contributed by atoms with van der Waals surface area (Å²) in [5.41, 5.74) is -0.117. The highest BCUT2D eigenvalue weighted by Gasteiger charge is 2.09. The first-order chi connectivity index (χ1) is 7.59. The van der Waals surface area contributed by atoms with Crippen LogP contribution in [-0.4, -0.2) is 20.7 Å². The van der Waals surface area contributed by atoms with Crippen LogP contribution in [0, 0.1) is 0 Å². The van der Waals surface area contributed by atoms with Crippen LogP contribution in [0.25, 0.3) is 10.9 Å². The number of carboxylic acid groups (broad SMARTS) is 1. The molecule has 2 N–H and O–H groups in total. The number of aliphatic carboxylic acids is 1. The summed E-state index contributed by atoms with van der Waals surface area (Å²) in [4.78, 5) is 22.2. The monoisotopic (exact) mass is 219 g/mol. The summed E-state index contributed by atoms with van der Waals surface area (Å²) < 4.78 is 1.11. The van der Waals surface area contributed by atoms with E-state index in [1.807, 2.05) is 0 Å². The zero-order chi connectivity index (χ0) is 11.7. The van der Waals surface area contributed by atoms with E-state index in [1.54, 1.807) is 24.3 Å². The van der Waals surface area contributed by atoms with Gasteiger partial charge in [-0.05, 0) is 12.1 Å². The van der Waals surface area contributed by atoms with E-state index < -0.39 is 18.1 Å². The lowest BCUT2D eigenvalue weighted by molar-refractivity contribution is -0.137.